The van der Waals surface area contributed by atoms with Crippen molar-refractivity contribution in [1.29, 1.82) is 0 Å². The second-order valence-corrected chi connectivity index (χ2v) is 7.93. The molecule has 0 heterocycles. The molecule has 0 rings (SSSR count). The van der Waals surface area contributed by atoms with Gasteiger partial charge >= 0.3 is 8.56 Å². The number of allylic oxidation sites excluding steroid dienone is 2. The molecule has 3 heteroatoms. The van der Waals surface area contributed by atoms with Crippen molar-refractivity contribution in [2.45, 2.75) is 65.5 Å². The van der Waals surface area contributed by atoms with Crippen LogP contribution >= 0.6 is 0 Å². The smallest absolute Gasteiger partial charge is 0.453 e. The molecule has 0 aliphatic rings. The van der Waals surface area contributed by atoms with Crippen LogP contribution in [-0.4, -0.2) is 8.56 Å². The van der Waals surface area contributed by atoms with Gasteiger partial charge in [-0.15, -0.1) is 0 Å². The molecule has 0 radical (unpaired) electrons. The summed E-state index contributed by atoms with van der Waals surface area (Å²) in [6.45, 7) is 8.50. The zero-order valence-corrected chi connectivity index (χ0v) is 12.9. The quantitative estimate of drug-likeness (QED) is 0.306. The lowest BCUT2D eigenvalue weighted by molar-refractivity contribution is 0.318. The van der Waals surface area contributed by atoms with Crippen LogP contribution < -0.4 is 0 Å². The first kappa shape index (κ1) is 16.3. The second kappa shape index (κ2) is 10.5. The van der Waals surface area contributed by atoms with Gasteiger partial charge in [0.05, 0.1) is 12.5 Å². The highest BCUT2D eigenvalue weighted by molar-refractivity contribution is 6.64. The van der Waals surface area contributed by atoms with Gasteiger partial charge < -0.3 is 8.85 Å². The van der Waals surface area contributed by atoms with Crippen molar-refractivity contribution in [2.75, 3.05) is 0 Å². The minimum atomic E-state index is -2.00. The van der Waals surface area contributed by atoms with Gasteiger partial charge in [0.2, 0.25) is 0 Å². The summed E-state index contributed by atoms with van der Waals surface area (Å²) in [5.41, 5.74) is 0. The Kier molecular flexibility index (Phi) is 10.0. The summed E-state index contributed by atoms with van der Waals surface area (Å²) in [7, 11) is -2.00. The van der Waals surface area contributed by atoms with Crippen LogP contribution in [0, 0.1) is 0 Å². The van der Waals surface area contributed by atoms with E-state index in [0.717, 1.165) is 12.8 Å². The van der Waals surface area contributed by atoms with Crippen LogP contribution in [0.25, 0.3) is 0 Å². The normalized spacial score (nSPS) is 12.5. The molecule has 0 aromatic rings. The highest BCUT2D eigenvalue weighted by Crippen LogP contribution is 2.09. The van der Waals surface area contributed by atoms with Gasteiger partial charge in [-0.3, -0.25) is 0 Å². The lowest BCUT2D eigenvalue weighted by atomic mass is 10.2. The number of unbranched alkanes of at least 4 members (excludes halogenated alkanes) is 4. The van der Waals surface area contributed by atoms with Gasteiger partial charge in [-0.1, -0.05) is 38.8 Å². The van der Waals surface area contributed by atoms with E-state index in [1.54, 1.807) is 0 Å². The molecular weight excluding hydrogens is 228 g/mol. The molecule has 0 amide bonds. The molecule has 0 aliphatic carbocycles. The van der Waals surface area contributed by atoms with Gasteiger partial charge in [0.25, 0.3) is 0 Å². The van der Waals surface area contributed by atoms with Gasteiger partial charge in [0, 0.05) is 13.1 Å². The summed E-state index contributed by atoms with van der Waals surface area (Å²) >= 11 is 0. The molecule has 2 nitrogen and oxygen atoms in total. The van der Waals surface area contributed by atoms with E-state index in [0.29, 0.717) is 0 Å². The maximum atomic E-state index is 5.67. The average Bonchev–Trinajstić information content (AvgIpc) is 2.28. The molecule has 100 valence electrons. The Morgan fingerprint density at radius 1 is 0.824 bits per heavy atom. The van der Waals surface area contributed by atoms with E-state index in [9.17, 15) is 0 Å². The highest BCUT2D eigenvalue weighted by Gasteiger charge is 2.25. The molecule has 0 aromatic carbocycles. The summed E-state index contributed by atoms with van der Waals surface area (Å²) in [6.07, 6.45) is 14.9. The predicted octanol–water partition coefficient (Wildman–Crippen LogP) is 5.13. The van der Waals surface area contributed by atoms with Gasteiger partial charge in [0.1, 0.15) is 0 Å². The number of hydrogen-bond acceptors (Lipinski definition) is 2. The molecule has 0 bridgehead atoms. The van der Waals surface area contributed by atoms with E-state index in [4.69, 9.17) is 8.85 Å². The Bertz CT molecular complexity index is 200. The minimum Gasteiger partial charge on any atom is -0.519 e. The Morgan fingerprint density at radius 2 is 1.24 bits per heavy atom. The number of hydrogen-bond donors (Lipinski definition) is 0. The van der Waals surface area contributed by atoms with Gasteiger partial charge in [-0.05, 0) is 25.7 Å². The topological polar surface area (TPSA) is 18.5 Å². The molecule has 17 heavy (non-hydrogen) atoms. The second-order valence-electron chi connectivity index (χ2n) is 4.66. The number of rotatable bonds is 10. The van der Waals surface area contributed by atoms with Gasteiger partial charge in [-0.25, -0.2) is 0 Å². The van der Waals surface area contributed by atoms with Crippen molar-refractivity contribution >= 4 is 8.56 Å². The molecule has 0 spiro atoms. The van der Waals surface area contributed by atoms with Crippen LogP contribution in [0.2, 0.25) is 13.1 Å². The van der Waals surface area contributed by atoms with Crippen LogP contribution in [0.15, 0.2) is 24.7 Å². The summed E-state index contributed by atoms with van der Waals surface area (Å²) in [4.78, 5) is 0. The van der Waals surface area contributed by atoms with E-state index >= 15 is 0 Å². The standard InChI is InChI=1S/C14H28O2Si/c1-5-7-9-11-13-15-17(3,4)16-14-12-10-8-6-2/h11-14H,5-10H2,1-4H3/b13-11-,14-12-. The zero-order chi connectivity index (χ0) is 13.0. The van der Waals surface area contributed by atoms with Crippen LogP contribution in [0.4, 0.5) is 0 Å². The minimum absolute atomic E-state index is 1.09. The third-order valence-electron chi connectivity index (χ3n) is 2.34. The molecule has 0 saturated carbocycles. The third-order valence-corrected chi connectivity index (χ3v) is 3.75. The molecule has 0 N–H and O–H groups in total. The van der Waals surface area contributed by atoms with Crippen molar-refractivity contribution in [3.63, 3.8) is 0 Å². The third kappa shape index (κ3) is 11.6. The van der Waals surface area contributed by atoms with Crippen LogP contribution in [0.3, 0.4) is 0 Å². The fourth-order valence-electron chi connectivity index (χ4n) is 1.23. The fraction of sp³-hybridized carbons (Fsp3) is 0.714. The zero-order valence-electron chi connectivity index (χ0n) is 11.9. The fourth-order valence-corrected chi connectivity index (χ4v) is 2.14. The molecule has 0 fully saturated rings. The maximum Gasteiger partial charge on any atom is 0.453 e. The van der Waals surface area contributed by atoms with E-state index < -0.39 is 8.56 Å². The maximum absolute atomic E-state index is 5.67. The first-order valence-electron chi connectivity index (χ1n) is 6.78. The van der Waals surface area contributed by atoms with Gasteiger partial charge in [0.15, 0.2) is 0 Å². The van der Waals surface area contributed by atoms with Crippen molar-refractivity contribution in [1.82, 2.24) is 0 Å². The van der Waals surface area contributed by atoms with Crippen molar-refractivity contribution in [3.05, 3.63) is 24.7 Å². The van der Waals surface area contributed by atoms with E-state index in [1.165, 1.54) is 25.7 Å². The van der Waals surface area contributed by atoms with Crippen LogP contribution in [-0.2, 0) is 8.85 Å². The lowest BCUT2D eigenvalue weighted by Gasteiger charge is -2.19. The summed E-state index contributed by atoms with van der Waals surface area (Å²) in [5, 5.41) is 0. The van der Waals surface area contributed by atoms with Crippen LogP contribution in [0.5, 0.6) is 0 Å². The Balaban J connectivity index is 3.71. The van der Waals surface area contributed by atoms with E-state index in [1.807, 2.05) is 12.5 Å². The molecule has 0 saturated heterocycles. The van der Waals surface area contributed by atoms with Gasteiger partial charge in [-0.2, -0.15) is 0 Å². The van der Waals surface area contributed by atoms with Crippen molar-refractivity contribution in [3.8, 4) is 0 Å². The SMILES string of the molecule is CCCC/C=C\O[Si](C)(C)O/C=C\CCCC. The molecule has 0 aromatic heterocycles. The van der Waals surface area contributed by atoms with E-state index in [2.05, 4.69) is 39.1 Å². The lowest BCUT2D eigenvalue weighted by Crippen LogP contribution is -2.30. The molecule has 0 unspecified atom stereocenters. The Hall–Kier alpha value is -0.703. The molecule has 0 aliphatic heterocycles. The van der Waals surface area contributed by atoms with Crippen molar-refractivity contribution in [2.24, 2.45) is 0 Å². The first-order chi connectivity index (χ1) is 8.12. The summed E-state index contributed by atoms with van der Waals surface area (Å²) in [5.74, 6) is 0. The summed E-state index contributed by atoms with van der Waals surface area (Å²) < 4.78 is 11.3. The highest BCUT2D eigenvalue weighted by atomic mass is 28.4. The van der Waals surface area contributed by atoms with Crippen LogP contribution in [0.1, 0.15) is 52.4 Å². The summed E-state index contributed by atoms with van der Waals surface area (Å²) in [6, 6.07) is 0. The first-order valence-corrected chi connectivity index (χ1v) is 9.59. The molecule has 0 atom stereocenters. The average molecular weight is 256 g/mol. The van der Waals surface area contributed by atoms with Crippen molar-refractivity contribution < 1.29 is 8.85 Å². The predicted molar refractivity (Wildman–Crippen MR) is 77.0 cm³/mol. The largest absolute Gasteiger partial charge is 0.519 e. The molecular formula is C14H28O2Si. The monoisotopic (exact) mass is 256 g/mol. The Morgan fingerprint density at radius 3 is 1.59 bits per heavy atom. The Labute approximate surface area is 108 Å². The van der Waals surface area contributed by atoms with E-state index in [-0.39, 0.29) is 0 Å².